The molecule has 0 radical (unpaired) electrons. The van der Waals surface area contributed by atoms with Gasteiger partial charge in [0.2, 0.25) is 0 Å². The maximum Gasteiger partial charge on any atom is 0.161 e. The van der Waals surface area contributed by atoms with Crippen molar-refractivity contribution in [2.75, 3.05) is 20.3 Å². The molecule has 2 rings (SSSR count). The van der Waals surface area contributed by atoms with Crippen LogP contribution < -0.4 is 14.2 Å². The molecule has 0 saturated carbocycles. The van der Waals surface area contributed by atoms with Crippen molar-refractivity contribution in [3.05, 3.63) is 48.0 Å². The van der Waals surface area contributed by atoms with Gasteiger partial charge in [-0.15, -0.1) is 0 Å². The predicted molar refractivity (Wildman–Crippen MR) is 89.0 cm³/mol. The average molecular weight is 299 g/mol. The van der Waals surface area contributed by atoms with E-state index in [1.807, 2.05) is 56.3 Å². The molecule has 0 bridgehead atoms. The highest BCUT2D eigenvalue weighted by Crippen LogP contribution is 2.27. The van der Waals surface area contributed by atoms with Gasteiger partial charge in [0, 0.05) is 6.21 Å². The summed E-state index contributed by atoms with van der Waals surface area (Å²) < 4.78 is 16.2. The van der Waals surface area contributed by atoms with E-state index < -0.39 is 0 Å². The van der Waals surface area contributed by atoms with Gasteiger partial charge in [0.05, 0.1) is 26.0 Å². The molecule has 0 aromatic heterocycles. The van der Waals surface area contributed by atoms with Crippen molar-refractivity contribution in [3.63, 3.8) is 0 Å². The van der Waals surface area contributed by atoms with Crippen molar-refractivity contribution in [3.8, 4) is 17.2 Å². The molecule has 0 atom stereocenters. The van der Waals surface area contributed by atoms with Crippen LogP contribution in [0.4, 0.5) is 5.69 Å². The number of benzene rings is 2. The van der Waals surface area contributed by atoms with Crippen LogP contribution in [-0.2, 0) is 0 Å². The molecule has 0 fully saturated rings. The van der Waals surface area contributed by atoms with Gasteiger partial charge in [-0.3, -0.25) is 4.99 Å². The van der Waals surface area contributed by atoms with Crippen molar-refractivity contribution in [2.45, 2.75) is 13.8 Å². The molecule has 0 heterocycles. The second-order valence-electron chi connectivity index (χ2n) is 4.53. The van der Waals surface area contributed by atoms with Crippen molar-refractivity contribution in [1.82, 2.24) is 0 Å². The quantitative estimate of drug-likeness (QED) is 0.718. The summed E-state index contributed by atoms with van der Waals surface area (Å²) >= 11 is 0. The molecule has 0 aliphatic rings. The van der Waals surface area contributed by atoms with Gasteiger partial charge >= 0.3 is 0 Å². The van der Waals surface area contributed by atoms with Crippen LogP contribution in [0.5, 0.6) is 17.2 Å². The molecule has 0 aliphatic heterocycles. The maximum absolute atomic E-state index is 5.56. The van der Waals surface area contributed by atoms with E-state index in [0.717, 1.165) is 28.5 Å². The van der Waals surface area contributed by atoms with Crippen molar-refractivity contribution >= 4 is 11.9 Å². The SMILES string of the molecule is CCOc1ccc(N=Cc2ccc(OC)c(OCC)c2)cc1. The maximum atomic E-state index is 5.56. The lowest BCUT2D eigenvalue weighted by Gasteiger charge is -2.09. The van der Waals surface area contributed by atoms with Gasteiger partial charge in [0.15, 0.2) is 11.5 Å². The molecule has 4 nitrogen and oxygen atoms in total. The van der Waals surface area contributed by atoms with Crippen LogP contribution in [0.25, 0.3) is 0 Å². The van der Waals surface area contributed by atoms with Gasteiger partial charge < -0.3 is 14.2 Å². The minimum atomic E-state index is 0.593. The first-order chi connectivity index (χ1) is 10.8. The van der Waals surface area contributed by atoms with E-state index in [9.17, 15) is 0 Å². The lowest BCUT2D eigenvalue weighted by molar-refractivity contribution is 0.311. The Labute approximate surface area is 131 Å². The van der Waals surface area contributed by atoms with E-state index >= 15 is 0 Å². The van der Waals surface area contributed by atoms with E-state index in [4.69, 9.17) is 14.2 Å². The first kappa shape index (κ1) is 15.9. The second-order valence-corrected chi connectivity index (χ2v) is 4.53. The molecule has 22 heavy (non-hydrogen) atoms. The van der Waals surface area contributed by atoms with E-state index in [-0.39, 0.29) is 0 Å². The van der Waals surface area contributed by atoms with E-state index in [2.05, 4.69) is 4.99 Å². The first-order valence-corrected chi connectivity index (χ1v) is 7.34. The third-order valence-electron chi connectivity index (χ3n) is 3.00. The van der Waals surface area contributed by atoms with Crippen molar-refractivity contribution in [2.24, 2.45) is 4.99 Å². The summed E-state index contributed by atoms with van der Waals surface area (Å²) in [5, 5.41) is 0. The van der Waals surface area contributed by atoms with E-state index in [0.29, 0.717) is 13.2 Å². The molecule has 0 spiro atoms. The Morgan fingerprint density at radius 1 is 0.909 bits per heavy atom. The normalized spacial score (nSPS) is 10.7. The van der Waals surface area contributed by atoms with Crippen LogP contribution >= 0.6 is 0 Å². The van der Waals surface area contributed by atoms with Crippen LogP contribution in [0.1, 0.15) is 19.4 Å². The Hall–Kier alpha value is -2.49. The third-order valence-corrected chi connectivity index (χ3v) is 3.00. The van der Waals surface area contributed by atoms with E-state index in [1.165, 1.54) is 0 Å². The van der Waals surface area contributed by atoms with Gasteiger partial charge in [-0.05, 0) is 61.9 Å². The lowest BCUT2D eigenvalue weighted by Crippen LogP contribution is -1.96. The van der Waals surface area contributed by atoms with Gasteiger partial charge in [-0.2, -0.15) is 0 Å². The van der Waals surface area contributed by atoms with Crippen molar-refractivity contribution < 1.29 is 14.2 Å². The summed E-state index contributed by atoms with van der Waals surface area (Å²) in [6.07, 6.45) is 1.80. The highest BCUT2D eigenvalue weighted by molar-refractivity contribution is 5.83. The third kappa shape index (κ3) is 4.25. The monoisotopic (exact) mass is 299 g/mol. The molecule has 2 aromatic carbocycles. The minimum absolute atomic E-state index is 0.593. The number of ether oxygens (including phenoxy) is 3. The van der Waals surface area contributed by atoms with Gasteiger partial charge in [0.25, 0.3) is 0 Å². The zero-order valence-corrected chi connectivity index (χ0v) is 13.2. The fourth-order valence-electron chi connectivity index (χ4n) is 1.99. The highest BCUT2D eigenvalue weighted by Gasteiger charge is 2.04. The van der Waals surface area contributed by atoms with E-state index in [1.54, 1.807) is 13.3 Å². The standard InChI is InChI=1S/C18H21NO3/c1-4-21-16-9-7-15(8-10-16)19-13-14-6-11-17(20-3)18(12-14)22-5-2/h6-13H,4-5H2,1-3H3. The summed E-state index contributed by atoms with van der Waals surface area (Å²) in [7, 11) is 1.63. The lowest BCUT2D eigenvalue weighted by atomic mass is 10.2. The summed E-state index contributed by atoms with van der Waals surface area (Å²) in [5.74, 6) is 2.30. The summed E-state index contributed by atoms with van der Waals surface area (Å²) in [6, 6.07) is 13.4. The Balaban J connectivity index is 2.13. The number of nitrogens with zero attached hydrogens (tertiary/aromatic N) is 1. The Bertz CT molecular complexity index is 621. The molecule has 4 heteroatoms. The minimum Gasteiger partial charge on any atom is -0.494 e. The van der Waals surface area contributed by atoms with Crippen molar-refractivity contribution in [1.29, 1.82) is 0 Å². The zero-order valence-electron chi connectivity index (χ0n) is 13.2. The molecule has 0 unspecified atom stereocenters. The van der Waals surface area contributed by atoms with Gasteiger partial charge in [-0.25, -0.2) is 0 Å². The fourth-order valence-corrected chi connectivity index (χ4v) is 1.99. The Kier molecular flexibility index (Phi) is 5.83. The Morgan fingerprint density at radius 2 is 1.64 bits per heavy atom. The first-order valence-electron chi connectivity index (χ1n) is 7.34. The summed E-state index contributed by atoms with van der Waals surface area (Å²) in [4.78, 5) is 4.46. The number of aliphatic imine (C=N–C) groups is 1. The zero-order chi connectivity index (χ0) is 15.8. The highest BCUT2D eigenvalue weighted by atomic mass is 16.5. The van der Waals surface area contributed by atoms with Gasteiger partial charge in [0.1, 0.15) is 5.75 Å². The van der Waals surface area contributed by atoms with Gasteiger partial charge in [-0.1, -0.05) is 0 Å². The largest absolute Gasteiger partial charge is 0.494 e. The molecular formula is C18H21NO3. The number of methoxy groups -OCH3 is 1. The predicted octanol–water partition coefficient (Wildman–Crippen LogP) is 4.24. The van der Waals surface area contributed by atoms with Crippen LogP contribution in [0.2, 0.25) is 0 Å². The van der Waals surface area contributed by atoms with Crippen LogP contribution in [-0.4, -0.2) is 26.5 Å². The summed E-state index contributed by atoms with van der Waals surface area (Å²) in [6.45, 7) is 5.16. The molecular weight excluding hydrogens is 278 g/mol. The topological polar surface area (TPSA) is 40.0 Å². The summed E-state index contributed by atoms with van der Waals surface area (Å²) in [5.41, 5.74) is 1.83. The number of rotatable bonds is 7. The van der Waals surface area contributed by atoms with Crippen LogP contribution in [0, 0.1) is 0 Å². The second kappa shape index (κ2) is 8.08. The molecule has 116 valence electrons. The number of hydrogen-bond donors (Lipinski definition) is 0. The fraction of sp³-hybridized carbons (Fsp3) is 0.278. The molecule has 2 aromatic rings. The molecule has 0 saturated heterocycles. The van der Waals surface area contributed by atoms with Crippen LogP contribution in [0.15, 0.2) is 47.5 Å². The molecule has 0 aliphatic carbocycles. The van der Waals surface area contributed by atoms with Crippen LogP contribution in [0.3, 0.4) is 0 Å². The number of hydrogen-bond acceptors (Lipinski definition) is 4. The smallest absolute Gasteiger partial charge is 0.161 e. The Morgan fingerprint density at radius 3 is 2.27 bits per heavy atom. The molecule has 0 N–H and O–H groups in total. The average Bonchev–Trinajstić information content (AvgIpc) is 2.55. The molecule has 0 amide bonds.